The van der Waals surface area contributed by atoms with Crippen molar-refractivity contribution in [3.8, 4) is 11.3 Å². The largest absolute Gasteiger partial charge is 0.319 e. The monoisotopic (exact) mass is 472 g/mol. The Balaban J connectivity index is 1.30. The van der Waals surface area contributed by atoms with E-state index in [1.54, 1.807) is 17.1 Å². The Bertz CT molecular complexity index is 1740. The normalized spacial score (nSPS) is 11.3. The van der Waals surface area contributed by atoms with Gasteiger partial charge in [-0.05, 0) is 35.4 Å². The lowest BCUT2D eigenvalue weighted by atomic mass is 10.0. The highest BCUT2D eigenvalue weighted by Gasteiger charge is 2.17. The van der Waals surface area contributed by atoms with Crippen molar-refractivity contribution in [2.75, 3.05) is 5.32 Å². The number of nitrogens with zero attached hydrogens (tertiary/aromatic N) is 5. The van der Waals surface area contributed by atoms with Gasteiger partial charge in [0, 0.05) is 29.9 Å². The van der Waals surface area contributed by atoms with Gasteiger partial charge >= 0.3 is 0 Å². The SMILES string of the molecule is Cc1c(-c2cc(C(=O)Nc3cnn(Cc4cccc5ccccc45)c3)c3ccccc3n2)cnn1C. The second-order valence-corrected chi connectivity index (χ2v) is 8.86. The molecule has 7 heteroatoms. The van der Waals surface area contributed by atoms with Crippen LogP contribution in [0.2, 0.25) is 0 Å². The summed E-state index contributed by atoms with van der Waals surface area (Å²) < 4.78 is 3.64. The van der Waals surface area contributed by atoms with Crippen LogP contribution in [-0.2, 0) is 13.6 Å². The lowest BCUT2D eigenvalue weighted by Crippen LogP contribution is -2.13. The fourth-order valence-corrected chi connectivity index (χ4v) is 4.57. The summed E-state index contributed by atoms with van der Waals surface area (Å²) in [6.45, 7) is 2.60. The molecule has 6 rings (SSSR count). The Morgan fingerprint density at radius 3 is 2.53 bits per heavy atom. The standard InChI is InChI=1S/C29H24N6O/c1-19-26(16-30-34(19)2)28-14-25(24-12-5-6-13-27(24)33-28)29(36)32-22-15-31-35(18-22)17-21-10-7-9-20-8-3-4-11-23(20)21/h3-16,18H,17H2,1-2H3,(H,32,36). The number of aryl methyl sites for hydroxylation is 1. The summed E-state index contributed by atoms with van der Waals surface area (Å²) in [5.41, 5.74) is 5.73. The fourth-order valence-electron chi connectivity index (χ4n) is 4.57. The number of nitrogens with one attached hydrogen (secondary N) is 1. The van der Waals surface area contributed by atoms with E-state index < -0.39 is 0 Å². The van der Waals surface area contributed by atoms with E-state index in [0.29, 0.717) is 17.8 Å². The number of fused-ring (bicyclic) bond motifs is 2. The van der Waals surface area contributed by atoms with Gasteiger partial charge < -0.3 is 5.32 Å². The minimum absolute atomic E-state index is 0.207. The average Bonchev–Trinajstić information content (AvgIpc) is 3.48. The Labute approximate surface area is 208 Å². The van der Waals surface area contributed by atoms with Gasteiger partial charge in [0.15, 0.2) is 0 Å². The Kier molecular flexibility index (Phi) is 5.30. The van der Waals surface area contributed by atoms with Crippen molar-refractivity contribution in [1.82, 2.24) is 24.5 Å². The zero-order valence-corrected chi connectivity index (χ0v) is 20.0. The van der Waals surface area contributed by atoms with E-state index in [1.807, 2.05) is 67.3 Å². The molecule has 0 radical (unpaired) electrons. The first kappa shape index (κ1) is 21.7. The Morgan fingerprint density at radius 1 is 0.917 bits per heavy atom. The van der Waals surface area contributed by atoms with Crippen LogP contribution in [0.25, 0.3) is 32.9 Å². The van der Waals surface area contributed by atoms with Crippen LogP contribution in [0.5, 0.6) is 0 Å². The molecule has 1 amide bonds. The van der Waals surface area contributed by atoms with Gasteiger partial charge in [-0.3, -0.25) is 14.2 Å². The number of benzene rings is 3. The maximum absolute atomic E-state index is 13.4. The molecule has 0 saturated carbocycles. The highest BCUT2D eigenvalue weighted by Crippen LogP contribution is 2.27. The average molecular weight is 473 g/mol. The van der Waals surface area contributed by atoms with Crippen molar-refractivity contribution in [1.29, 1.82) is 0 Å². The number of carbonyl (C=O) groups excluding carboxylic acids is 1. The molecular formula is C29H24N6O. The lowest BCUT2D eigenvalue weighted by molar-refractivity contribution is 0.102. The number of rotatable bonds is 5. The van der Waals surface area contributed by atoms with Crippen molar-refractivity contribution < 1.29 is 4.79 Å². The summed E-state index contributed by atoms with van der Waals surface area (Å²) in [5.74, 6) is -0.207. The van der Waals surface area contributed by atoms with Crippen molar-refractivity contribution in [2.24, 2.45) is 7.05 Å². The van der Waals surface area contributed by atoms with Crippen molar-refractivity contribution in [3.63, 3.8) is 0 Å². The quantitative estimate of drug-likeness (QED) is 0.355. The summed E-state index contributed by atoms with van der Waals surface area (Å²) in [7, 11) is 1.89. The van der Waals surface area contributed by atoms with Crippen LogP contribution in [0, 0.1) is 6.92 Å². The summed E-state index contributed by atoms with van der Waals surface area (Å²) in [4.78, 5) is 18.2. The molecular weight excluding hydrogens is 448 g/mol. The van der Waals surface area contributed by atoms with E-state index in [4.69, 9.17) is 4.98 Å². The molecule has 7 nitrogen and oxygen atoms in total. The molecule has 176 valence electrons. The van der Waals surface area contributed by atoms with E-state index in [-0.39, 0.29) is 5.91 Å². The van der Waals surface area contributed by atoms with Crippen molar-refractivity contribution in [3.05, 3.63) is 108 Å². The number of carbonyl (C=O) groups is 1. The van der Waals surface area contributed by atoms with Gasteiger partial charge in [0.1, 0.15) is 0 Å². The minimum atomic E-state index is -0.207. The topological polar surface area (TPSA) is 77.6 Å². The number of amides is 1. The summed E-state index contributed by atoms with van der Waals surface area (Å²) in [6, 6.07) is 24.1. The van der Waals surface area contributed by atoms with E-state index in [9.17, 15) is 4.79 Å². The molecule has 3 aromatic heterocycles. The number of anilines is 1. The third-order valence-electron chi connectivity index (χ3n) is 6.58. The molecule has 3 aromatic carbocycles. The van der Waals surface area contributed by atoms with Crippen LogP contribution in [0.4, 0.5) is 5.69 Å². The highest BCUT2D eigenvalue weighted by atomic mass is 16.1. The molecule has 0 fully saturated rings. The number of hydrogen-bond acceptors (Lipinski definition) is 4. The highest BCUT2D eigenvalue weighted by molar-refractivity contribution is 6.13. The van der Waals surface area contributed by atoms with Gasteiger partial charge in [0.25, 0.3) is 5.91 Å². The van der Waals surface area contributed by atoms with Crippen LogP contribution in [-0.4, -0.2) is 30.5 Å². The number of para-hydroxylation sites is 1. The molecule has 0 unspecified atom stereocenters. The molecule has 0 aliphatic rings. The van der Waals surface area contributed by atoms with E-state index in [0.717, 1.165) is 27.9 Å². The van der Waals surface area contributed by atoms with Crippen molar-refractivity contribution in [2.45, 2.75) is 13.5 Å². The third kappa shape index (κ3) is 3.90. The van der Waals surface area contributed by atoms with Gasteiger partial charge in [0.2, 0.25) is 0 Å². The van der Waals surface area contributed by atoms with Crippen LogP contribution >= 0.6 is 0 Å². The predicted octanol–water partition coefficient (Wildman–Crippen LogP) is 5.59. The van der Waals surface area contributed by atoms with Gasteiger partial charge in [-0.1, -0.05) is 60.7 Å². The molecule has 0 aliphatic carbocycles. The first-order valence-electron chi connectivity index (χ1n) is 11.8. The number of hydrogen-bond donors (Lipinski definition) is 1. The van der Waals surface area contributed by atoms with E-state index in [2.05, 4.69) is 45.8 Å². The molecule has 36 heavy (non-hydrogen) atoms. The molecule has 0 atom stereocenters. The van der Waals surface area contributed by atoms with Gasteiger partial charge in [0.05, 0.1) is 41.4 Å². The second-order valence-electron chi connectivity index (χ2n) is 8.86. The molecule has 0 saturated heterocycles. The lowest BCUT2D eigenvalue weighted by Gasteiger charge is -2.10. The number of pyridine rings is 1. The first-order valence-corrected chi connectivity index (χ1v) is 11.8. The molecule has 1 N–H and O–H groups in total. The van der Waals surface area contributed by atoms with Crippen LogP contribution in [0.15, 0.2) is 91.4 Å². The predicted molar refractivity (Wildman–Crippen MR) is 142 cm³/mol. The van der Waals surface area contributed by atoms with Gasteiger partial charge in [-0.15, -0.1) is 0 Å². The Morgan fingerprint density at radius 2 is 1.69 bits per heavy atom. The van der Waals surface area contributed by atoms with Crippen molar-refractivity contribution >= 4 is 33.3 Å². The second kappa shape index (κ2) is 8.78. The third-order valence-corrected chi connectivity index (χ3v) is 6.58. The first-order chi connectivity index (χ1) is 17.6. The zero-order valence-electron chi connectivity index (χ0n) is 20.0. The molecule has 0 aliphatic heterocycles. The van der Waals surface area contributed by atoms with Crippen LogP contribution in [0.3, 0.4) is 0 Å². The summed E-state index contributed by atoms with van der Waals surface area (Å²) in [6.07, 6.45) is 5.32. The molecule has 0 bridgehead atoms. The summed E-state index contributed by atoms with van der Waals surface area (Å²) in [5, 5.41) is 15.0. The smallest absolute Gasteiger partial charge is 0.256 e. The zero-order chi connectivity index (χ0) is 24.6. The fraction of sp³-hybridized carbons (Fsp3) is 0.103. The maximum atomic E-state index is 13.4. The maximum Gasteiger partial charge on any atom is 0.256 e. The van der Waals surface area contributed by atoms with Crippen LogP contribution in [0.1, 0.15) is 21.6 Å². The molecule has 0 spiro atoms. The van der Waals surface area contributed by atoms with E-state index >= 15 is 0 Å². The van der Waals surface area contributed by atoms with Gasteiger partial charge in [-0.2, -0.15) is 10.2 Å². The van der Waals surface area contributed by atoms with E-state index in [1.165, 1.54) is 16.3 Å². The molecule has 3 heterocycles. The Hall–Kier alpha value is -4.78. The van der Waals surface area contributed by atoms with Gasteiger partial charge in [-0.25, -0.2) is 4.98 Å². The minimum Gasteiger partial charge on any atom is -0.319 e. The van der Waals surface area contributed by atoms with Crippen LogP contribution < -0.4 is 5.32 Å². The number of aromatic nitrogens is 5. The summed E-state index contributed by atoms with van der Waals surface area (Å²) >= 11 is 0. The molecule has 6 aromatic rings.